The standard InChI is InChI=1S/C11H8N2OS/c14-6-1-2-9-3-7-15-11(9)10-8-12-4-5-13-10/h1-8H. The summed E-state index contributed by atoms with van der Waals surface area (Å²) in [5, 5.41) is 1.97. The van der Waals surface area contributed by atoms with E-state index in [-0.39, 0.29) is 0 Å². The highest BCUT2D eigenvalue weighted by Crippen LogP contribution is 2.28. The first-order valence-corrected chi connectivity index (χ1v) is 5.25. The predicted molar refractivity (Wildman–Crippen MR) is 60.4 cm³/mol. The van der Waals surface area contributed by atoms with Crippen LogP contribution in [0.4, 0.5) is 0 Å². The van der Waals surface area contributed by atoms with E-state index in [1.807, 2.05) is 11.4 Å². The number of allylic oxidation sites excluding steroid dienone is 1. The van der Waals surface area contributed by atoms with E-state index in [4.69, 9.17) is 0 Å². The zero-order valence-electron chi connectivity index (χ0n) is 7.83. The Morgan fingerprint density at radius 1 is 1.33 bits per heavy atom. The van der Waals surface area contributed by atoms with Gasteiger partial charge in [0.2, 0.25) is 0 Å². The van der Waals surface area contributed by atoms with Crippen LogP contribution in [-0.2, 0) is 4.79 Å². The fourth-order valence-corrected chi connectivity index (χ4v) is 2.07. The minimum Gasteiger partial charge on any atom is -0.299 e. The third kappa shape index (κ3) is 2.16. The summed E-state index contributed by atoms with van der Waals surface area (Å²) in [7, 11) is 0. The Kier molecular flexibility index (Phi) is 2.99. The van der Waals surface area contributed by atoms with E-state index in [1.165, 1.54) is 6.08 Å². The molecule has 2 aromatic heterocycles. The van der Waals surface area contributed by atoms with Gasteiger partial charge in [-0.3, -0.25) is 14.8 Å². The van der Waals surface area contributed by atoms with Crippen molar-refractivity contribution in [2.75, 3.05) is 0 Å². The molecular formula is C11H8N2OS. The van der Waals surface area contributed by atoms with Crippen LogP contribution in [0, 0.1) is 0 Å². The topological polar surface area (TPSA) is 42.9 Å². The average Bonchev–Trinajstić information content (AvgIpc) is 2.75. The van der Waals surface area contributed by atoms with E-state index in [0.717, 1.165) is 22.4 Å². The highest BCUT2D eigenvalue weighted by Gasteiger charge is 2.04. The van der Waals surface area contributed by atoms with Crippen LogP contribution in [0.25, 0.3) is 16.6 Å². The summed E-state index contributed by atoms with van der Waals surface area (Å²) in [5.74, 6) is 0. The number of hydrogen-bond donors (Lipinski definition) is 0. The van der Waals surface area contributed by atoms with Crippen molar-refractivity contribution in [3.63, 3.8) is 0 Å². The van der Waals surface area contributed by atoms with Crippen molar-refractivity contribution in [3.8, 4) is 10.6 Å². The first kappa shape index (κ1) is 9.73. The maximum absolute atomic E-state index is 10.2. The van der Waals surface area contributed by atoms with Crippen molar-refractivity contribution < 1.29 is 4.79 Å². The molecule has 0 saturated carbocycles. The Morgan fingerprint density at radius 2 is 2.27 bits per heavy atom. The van der Waals surface area contributed by atoms with E-state index in [0.29, 0.717) is 0 Å². The van der Waals surface area contributed by atoms with Crippen LogP contribution in [0.5, 0.6) is 0 Å². The van der Waals surface area contributed by atoms with Crippen LogP contribution in [0.1, 0.15) is 5.56 Å². The third-order valence-corrected chi connectivity index (χ3v) is 2.80. The molecule has 0 fully saturated rings. The fraction of sp³-hybridized carbons (Fsp3) is 0. The fourth-order valence-electron chi connectivity index (χ4n) is 1.22. The highest BCUT2D eigenvalue weighted by molar-refractivity contribution is 7.13. The zero-order valence-corrected chi connectivity index (χ0v) is 8.65. The molecule has 0 radical (unpaired) electrons. The van der Waals surface area contributed by atoms with Gasteiger partial charge in [-0.2, -0.15) is 0 Å². The Morgan fingerprint density at radius 3 is 3.00 bits per heavy atom. The number of nitrogens with zero attached hydrogens (tertiary/aromatic N) is 2. The van der Waals surface area contributed by atoms with Gasteiger partial charge in [0.1, 0.15) is 6.29 Å². The summed E-state index contributed by atoms with van der Waals surface area (Å²) >= 11 is 1.58. The van der Waals surface area contributed by atoms with Gasteiger partial charge in [-0.1, -0.05) is 6.08 Å². The maximum atomic E-state index is 10.2. The maximum Gasteiger partial charge on any atom is 0.142 e. The van der Waals surface area contributed by atoms with Gasteiger partial charge in [-0.25, -0.2) is 0 Å². The molecule has 0 unspecified atom stereocenters. The predicted octanol–water partition coefficient (Wildman–Crippen LogP) is 2.42. The number of hydrogen-bond acceptors (Lipinski definition) is 4. The summed E-state index contributed by atoms with van der Waals surface area (Å²) in [6, 6.07) is 1.95. The van der Waals surface area contributed by atoms with E-state index >= 15 is 0 Å². The zero-order chi connectivity index (χ0) is 10.5. The highest BCUT2D eigenvalue weighted by atomic mass is 32.1. The second-order valence-corrected chi connectivity index (χ2v) is 3.71. The minimum absolute atomic E-state index is 0.762. The van der Waals surface area contributed by atoms with Gasteiger partial charge >= 0.3 is 0 Å². The normalized spacial score (nSPS) is 10.7. The van der Waals surface area contributed by atoms with Crippen LogP contribution in [0.2, 0.25) is 0 Å². The lowest BCUT2D eigenvalue weighted by molar-refractivity contribution is -0.104. The molecule has 0 N–H and O–H groups in total. The van der Waals surface area contributed by atoms with Crippen molar-refractivity contribution in [3.05, 3.63) is 41.7 Å². The largest absolute Gasteiger partial charge is 0.299 e. The Balaban J connectivity index is 2.41. The second kappa shape index (κ2) is 4.61. The molecule has 3 nitrogen and oxygen atoms in total. The number of thiophene rings is 1. The van der Waals surface area contributed by atoms with E-state index in [9.17, 15) is 4.79 Å². The smallest absolute Gasteiger partial charge is 0.142 e. The second-order valence-electron chi connectivity index (χ2n) is 2.79. The van der Waals surface area contributed by atoms with Gasteiger partial charge in [-0.05, 0) is 23.1 Å². The number of carbonyl (C=O) groups excluding carboxylic acids is 1. The van der Waals surface area contributed by atoms with Gasteiger partial charge in [0.15, 0.2) is 0 Å². The molecule has 74 valence electrons. The molecule has 0 aliphatic carbocycles. The molecule has 0 aliphatic rings. The quantitative estimate of drug-likeness (QED) is 0.584. The third-order valence-electron chi connectivity index (χ3n) is 1.85. The Labute approximate surface area is 91.1 Å². The number of rotatable bonds is 3. The van der Waals surface area contributed by atoms with Crippen LogP contribution < -0.4 is 0 Å². The van der Waals surface area contributed by atoms with Gasteiger partial charge in [0.25, 0.3) is 0 Å². The molecule has 2 aromatic rings. The molecule has 0 atom stereocenters. The van der Waals surface area contributed by atoms with Crippen molar-refractivity contribution in [2.45, 2.75) is 0 Å². The van der Waals surface area contributed by atoms with Gasteiger partial charge in [0, 0.05) is 12.4 Å². The molecule has 2 rings (SSSR count). The summed E-state index contributed by atoms with van der Waals surface area (Å²) < 4.78 is 0. The Bertz CT molecular complexity index is 476. The minimum atomic E-state index is 0.762. The molecule has 0 bridgehead atoms. The van der Waals surface area contributed by atoms with Crippen molar-refractivity contribution in [1.82, 2.24) is 9.97 Å². The van der Waals surface area contributed by atoms with Gasteiger partial charge < -0.3 is 0 Å². The lowest BCUT2D eigenvalue weighted by Gasteiger charge is -1.96. The molecule has 0 saturated heterocycles. The lowest BCUT2D eigenvalue weighted by atomic mass is 10.2. The van der Waals surface area contributed by atoms with E-state index < -0.39 is 0 Å². The molecular weight excluding hydrogens is 208 g/mol. The number of aromatic nitrogens is 2. The van der Waals surface area contributed by atoms with Gasteiger partial charge in [0.05, 0.1) is 16.8 Å². The van der Waals surface area contributed by atoms with Crippen LogP contribution in [-0.4, -0.2) is 16.3 Å². The van der Waals surface area contributed by atoms with Crippen LogP contribution >= 0.6 is 11.3 Å². The molecule has 2 heterocycles. The van der Waals surface area contributed by atoms with E-state index in [1.54, 1.807) is 36.0 Å². The SMILES string of the molecule is O=CC=Cc1ccsc1-c1cnccn1. The summed E-state index contributed by atoms with van der Waals surface area (Å²) in [6.45, 7) is 0. The monoisotopic (exact) mass is 216 g/mol. The first-order valence-electron chi connectivity index (χ1n) is 4.37. The molecule has 4 heteroatoms. The average molecular weight is 216 g/mol. The van der Waals surface area contributed by atoms with E-state index in [2.05, 4.69) is 9.97 Å². The molecule has 0 spiro atoms. The summed E-state index contributed by atoms with van der Waals surface area (Å²) in [5.41, 5.74) is 1.82. The Hall–Kier alpha value is -1.81. The lowest BCUT2D eigenvalue weighted by Crippen LogP contribution is -1.82. The van der Waals surface area contributed by atoms with Crippen LogP contribution in [0.3, 0.4) is 0 Å². The van der Waals surface area contributed by atoms with Crippen molar-refractivity contribution in [2.24, 2.45) is 0 Å². The number of aldehydes is 1. The molecule has 0 aromatic carbocycles. The van der Waals surface area contributed by atoms with Gasteiger partial charge in [-0.15, -0.1) is 11.3 Å². The van der Waals surface area contributed by atoms with Crippen LogP contribution in [0.15, 0.2) is 36.1 Å². The van der Waals surface area contributed by atoms with Crippen molar-refractivity contribution >= 4 is 23.7 Å². The molecule has 0 aliphatic heterocycles. The summed E-state index contributed by atoms with van der Waals surface area (Å²) in [4.78, 5) is 19.5. The number of carbonyl (C=O) groups is 1. The molecule has 0 amide bonds. The molecule has 15 heavy (non-hydrogen) atoms. The van der Waals surface area contributed by atoms with Crippen molar-refractivity contribution in [1.29, 1.82) is 0 Å². The summed E-state index contributed by atoms with van der Waals surface area (Å²) in [6.07, 6.45) is 9.01. The first-order chi connectivity index (χ1) is 7.42.